The van der Waals surface area contributed by atoms with Crippen LogP contribution >= 0.6 is 11.6 Å². The number of hydrogen-bond acceptors (Lipinski definition) is 2. The summed E-state index contributed by atoms with van der Waals surface area (Å²) in [5.74, 6) is -0.385. The first-order chi connectivity index (χ1) is 9.60. The third-order valence-corrected chi connectivity index (χ3v) is 3.49. The molecule has 1 aromatic rings. The fourth-order valence-electron chi connectivity index (χ4n) is 1.80. The van der Waals surface area contributed by atoms with Crippen molar-refractivity contribution in [2.75, 3.05) is 20.3 Å². The number of halogens is 2. The summed E-state index contributed by atoms with van der Waals surface area (Å²) in [7, 11) is 1.59. The van der Waals surface area contributed by atoms with Gasteiger partial charge in [-0.25, -0.2) is 9.18 Å². The minimum atomic E-state index is -0.385. The van der Waals surface area contributed by atoms with Crippen molar-refractivity contribution in [2.24, 2.45) is 0 Å². The Balaban J connectivity index is 2.03. The molecular weight excluding hydrogens is 283 g/mol. The lowest BCUT2D eigenvalue weighted by Gasteiger charge is -2.23. The van der Waals surface area contributed by atoms with Crippen molar-refractivity contribution >= 4 is 17.6 Å². The van der Waals surface area contributed by atoms with Crippen LogP contribution in [0.15, 0.2) is 18.2 Å². The molecule has 1 aromatic carbocycles. The number of hydrogen-bond donors (Lipinski definition) is 1. The quantitative estimate of drug-likeness (QED) is 0.878. The summed E-state index contributed by atoms with van der Waals surface area (Å²) in [5.41, 5.74) is 0.718. The van der Waals surface area contributed by atoms with E-state index in [0.29, 0.717) is 24.7 Å². The number of amides is 2. The molecule has 1 fully saturated rings. The Kier molecular flexibility index (Phi) is 5.20. The number of carbonyl (C=O) groups is 1. The van der Waals surface area contributed by atoms with E-state index in [2.05, 4.69) is 5.32 Å². The standard InChI is InChI=1S/C14H18ClFN2O2/c1-20-7-6-18(14(19)17-12-4-5-12)9-10-2-3-11(16)8-13(10)15/h2-3,8,12H,4-7,9H2,1H3,(H,17,19). The predicted octanol–water partition coefficient (Wildman–Crippen LogP) is 2.80. The van der Waals surface area contributed by atoms with E-state index in [-0.39, 0.29) is 17.9 Å². The molecule has 1 aliphatic rings. The number of urea groups is 1. The Morgan fingerprint density at radius 3 is 2.90 bits per heavy atom. The van der Waals surface area contributed by atoms with E-state index in [1.165, 1.54) is 12.1 Å². The molecule has 6 heteroatoms. The number of nitrogens with zero attached hydrogens (tertiary/aromatic N) is 1. The van der Waals surface area contributed by atoms with Crippen LogP contribution in [0.2, 0.25) is 5.02 Å². The SMILES string of the molecule is COCCN(Cc1ccc(F)cc1Cl)C(=O)NC1CC1. The zero-order valence-corrected chi connectivity index (χ0v) is 12.1. The van der Waals surface area contributed by atoms with Crippen molar-refractivity contribution in [3.8, 4) is 0 Å². The first-order valence-electron chi connectivity index (χ1n) is 6.58. The molecule has 2 amide bonds. The van der Waals surface area contributed by atoms with Crippen LogP contribution in [-0.2, 0) is 11.3 Å². The Bertz CT molecular complexity index is 480. The van der Waals surface area contributed by atoms with Gasteiger partial charge < -0.3 is 15.0 Å². The number of carbonyl (C=O) groups excluding carboxylic acids is 1. The summed E-state index contributed by atoms with van der Waals surface area (Å²) in [6.45, 7) is 1.24. The molecule has 110 valence electrons. The minimum Gasteiger partial charge on any atom is -0.383 e. The van der Waals surface area contributed by atoms with Crippen molar-refractivity contribution in [2.45, 2.75) is 25.4 Å². The number of nitrogens with one attached hydrogen (secondary N) is 1. The molecule has 1 saturated carbocycles. The second-order valence-electron chi connectivity index (χ2n) is 4.87. The molecule has 0 spiro atoms. The lowest BCUT2D eigenvalue weighted by atomic mass is 10.2. The van der Waals surface area contributed by atoms with E-state index in [1.807, 2.05) is 0 Å². The second-order valence-corrected chi connectivity index (χ2v) is 5.28. The van der Waals surface area contributed by atoms with Crippen LogP contribution < -0.4 is 5.32 Å². The summed E-state index contributed by atoms with van der Waals surface area (Å²) in [5, 5.41) is 3.25. The van der Waals surface area contributed by atoms with Crippen LogP contribution in [-0.4, -0.2) is 37.2 Å². The fourth-order valence-corrected chi connectivity index (χ4v) is 2.03. The van der Waals surface area contributed by atoms with Gasteiger partial charge in [0.2, 0.25) is 0 Å². The van der Waals surface area contributed by atoms with Crippen molar-refractivity contribution in [1.29, 1.82) is 0 Å². The highest BCUT2D eigenvalue weighted by Gasteiger charge is 2.26. The van der Waals surface area contributed by atoms with E-state index in [0.717, 1.165) is 18.4 Å². The highest BCUT2D eigenvalue weighted by Crippen LogP contribution is 2.21. The Morgan fingerprint density at radius 2 is 2.30 bits per heavy atom. The van der Waals surface area contributed by atoms with Crippen LogP contribution in [0.5, 0.6) is 0 Å². The topological polar surface area (TPSA) is 41.6 Å². The van der Waals surface area contributed by atoms with E-state index in [1.54, 1.807) is 18.1 Å². The van der Waals surface area contributed by atoms with Crippen LogP contribution in [0.3, 0.4) is 0 Å². The van der Waals surface area contributed by atoms with Crippen molar-refractivity contribution in [3.63, 3.8) is 0 Å². The van der Waals surface area contributed by atoms with E-state index in [9.17, 15) is 9.18 Å². The molecule has 2 rings (SSSR count). The lowest BCUT2D eigenvalue weighted by molar-refractivity contribution is 0.146. The van der Waals surface area contributed by atoms with Gasteiger partial charge in [-0.05, 0) is 30.5 Å². The van der Waals surface area contributed by atoms with Gasteiger partial charge >= 0.3 is 6.03 Å². The number of methoxy groups -OCH3 is 1. The average Bonchev–Trinajstić information content (AvgIpc) is 3.20. The smallest absolute Gasteiger partial charge is 0.317 e. The molecule has 1 N–H and O–H groups in total. The molecule has 0 bridgehead atoms. The van der Waals surface area contributed by atoms with Crippen LogP contribution in [0.25, 0.3) is 0 Å². The molecule has 0 unspecified atom stereocenters. The summed E-state index contributed by atoms with van der Waals surface area (Å²) in [6.07, 6.45) is 2.06. The molecule has 0 heterocycles. The van der Waals surface area contributed by atoms with Crippen molar-refractivity contribution in [1.82, 2.24) is 10.2 Å². The fraction of sp³-hybridized carbons (Fsp3) is 0.500. The number of benzene rings is 1. The summed E-state index contributed by atoms with van der Waals surface area (Å²) in [6, 6.07) is 4.35. The molecule has 0 aromatic heterocycles. The molecular formula is C14H18ClFN2O2. The van der Waals surface area contributed by atoms with Gasteiger partial charge in [0.05, 0.1) is 6.61 Å². The molecule has 0 radical (unpaired) electrons. The van der Waals surface area contributed by atoms with Gasteiger partial charge in [0.15, 0.2) is 0 Å². The molecule has 0 atom stereocenters. The van der Waals surface area contributed by atoms with E-state index >= 15 is 0 Å². The highest BCUT2D eigenvalue weighted by molar-refractivity contribution is 6.31. The largest absolute Gasteiger partial charge is 0.383 e. The van der Waals surface area contributed by atoms with Gasteiger partial charge in [0.25, 0.3) is 0 Å². The van der Waals surface area contributed by atoms with Crippen LogP contribution in [0, 0.1) is 5.82 Å². The maximum atomic E-state index is 13.0. The minimum absolute atomic E-state index is 0.134. The summed E-state index contributed by atoms with van der Waals surface area (Å²) >= 11 is 6.00. The first-order valence-corrected chi connectivity index (χ1v) is 6.96. The highest BCUT2D eigenvalue weighted by atomic mass is 35.5. The van der Waals surface area contributed by atoms with Gasteiger partial charge in [0, 0.05) is 31.3 Å². The molecule has 0 saturated heterocycles. The maximum Gasteiger partial charge on any atom is 0.317 e. The molecule has 0 aliphatic heterocycles. The monoisotopic (exact) mass is 300 g/mol. The lowest BCUT2D eigenvalue weighted by Crippen LogP contribution is -2.42. The van der Waals surface area contributed by atoms with Gasteiger partial charge in [-0.1, -0.05) is 17.7 Å². The molecule has 1 aliphatic carbocycles. The normalized spacial score (nSPS) is 14.2. The second kappa shape index (κ2) is 6.90. The van der Waals surface area contributed by atoms with Gasteiger partial charge in [0.1, 0.15) is 5.82 Å². The maximum absolute atomic E-state index is 13.0. The third-order valence-electron chi connectivity index (χ3n) is 3.13. The van der Waals surface area contributed by atoms with Crippen molar-refractivity contribution in [3.05, 3.63) is 34.6 Å². The summed E-state index contributed by atoms with van der Waals surface area (Å²) in [4.78, 5) is 13.8. The van der Waals surface area contributed by atoms with Crippen LogP contribution in [0.1, 0.15) is 18.4 Å². The summed E-state index contributed by atoms with van der Waals surface area (Å²) < 4.78 is 18.0. The van der Waals surface area contributed by atoms with E-state index in [4.69, 9.17) is 16.3 Å². The first kappa shape index (κ1) is 15.1. The van der Waals surface area contributed by atoms with Gasteiger partial charge in [-0.2, -0.15) is 0 Å². The Labute approximate surface area is 122 Å². The van der Waals surface area contributed by atoms with Gasteiger partial charge in [-0.15, -0.1) is 0 Å². The van der Waals surface area contributed by atoms with Crippen LogP contribution in [0.4, 0.5) is 9.18 Å². The zero-order valence-electron chi connectivity index (χ0n) is 11.4. The zero-order chi connectivity index (χ0) is 14.5. The number of ether oxygens (including phenoxy) is 1. The molecule has 4 nitrogen and oxygen atoms in total. The van der Waals surface area contributed by atoms with Crippen molar-refractivity contribution < 1.29 is 13.9 Å². The Morgan fingerprint density at radius 1 is 1.55 bits per heavy atom. The van der Waals surface area contributed by atoms with E-state index < -0.39 is 0 Å². The molecule has 20 heavy (non-hydrogen) atoms. The average molecular weight is 301 g/mol. The third kappa shape index (κ3) is 4.35. The predicted molar refractivity (Wildman–Crippen MR) is 75.2 cm³/mol. The Hall–Kier alpha value is -1.33. The number of rotatable bonds is 6. The van der Waals surface area contributed by atoms with Gasteiger partial charge in [-0.3, -0.25) is 0 Å².